The van der Waals surface area contributed by atoms with E-state index in [0.717, 1.165) is 46.2 Å². The molecule has 0 radical (unpaired) electrons. The number of hydrogen-bond acceptors (Lipinski definition) is 6. The number of ketones is 2. The van der Waals surface area contributed by atoms with Gasteiger partial charge in [-0.3, -0.25) is 9.59 Å². The Kier molecular flexibility index (Phi) is 10.4. The van der Waals surface area contributed by atoms with E-state index < -0.39 is 35.7 Å². The molecule has 2 rings (SSSR count). The van der Waals surface area contributed by atoms with Crippen molar-refractivity contribution in [2.45, 2.75) is 93.8 Å². The summed E-state index contributed by atoms with van der Waals surface area (Å²) in [5.74, 6) is -3.67. The summed E-state index contributed by atoms with van der Waals surface area (Å²) < 4.78 is 11.2. The number of hydrogen-bond donors (Lipinski definition) is 0. The Labute approximate surface area is 220 Å². The van der Waals surface area contributed by atoms with Crippen LogP contribution in [0.1, 0.15) is 94.1 Å². The van der Waals surface area contributed by atoms with E-state index in [0.29, 0.717) is 17.5 Å². The molecule has 0 heterocycles. The first-order valence-corrected chi connectivity index (χ1v) is 13.0. The highest BCUT2D eigenvalue weighted by Gasteiger charge is 2.33. The highest BCUT2D eigenvalue weighted by Crippen LogP contribution is 2.25. The molecule has 200 valence electrons. The van der Waals surface area contributed by atoms with Gasteiger partial charge in [-0.25, -0.2) is 9.59 Å². The fraction of sp³-hybridized carbons (Fsp3) is 0.484. The predicted molar refractivity (Wildman–Crippen MR) is 144 cm³/mol. The van der Waals surface area contributed by atoms with E-state index >= 15 is 0 Å². The van der Waals surface area contributed by atoms with Crippen LogP contribution in [0.25, 0.3) is 0 Å². The smallest absolute Gasteiger partial charge is 0.379 e. The highest BCUT2D eigenvalue weighted by molar-refractivity contribution is 6.41. The minimum Gasteiger partial charge on any atom is -0.456 e. The fourth-order valence-corrected chi connectivity index (χ4v) is 4.53. The molecule has 0 aliphatic carbocycles. The van der Waals surface area contributed by atoms with Gasteiger partial charge in [0.15, 0.2) is 0 Å². The van der Waals surface area contributed by atoms with Crippen molar-refractivity contribution < 1.29 is 28.7 Å². The molecule has 0 aliphatic heterocycles. The van der Waals surface area contributed by atoms with Crippen LogP contribution >= 0.6 is 0 Å². The van der Waals surface area contributed by atoms with Gasteiger partial charge >= 0.3 is 11.9 Å². The molecular formula is C31H40O6. The minimum atomic E-state index is -0.944. The maximum Gasteiger partial charge on any atom is 0.379 e. The zero-order valence-corrected chi connectivity index (χ0v) is 23.6. The summed E-state index contributed by atoms with van der Waals surface area (Å²) in [6, 6.07) is 6.91. The third kappa shape index (κ3) is 6.94. The number of benzene rings is 2. The lowest BCUT2D eigenvalue weighted by Crippen LogP contribution is -2.37. The van der Waals surface area contributed by atoms with E-state index in [9.17, 15) is 19.2 Å². The number of rotatable bonds is 11. The van der Waals surface area contributed by atoms with Gasteiger partial charge in [0, 0.05) is 17.0 Å². The lowest BCUT2D eigenvalue weighted by Gasteiger charge is -2.29. The predicted octanol–water partition coefficient (Wildman–Crippen LogP) is 6.27. The SMILES string of the molecule is CCCCC(C(C)OC(=O)C(=O)c1ccc(C)c(C)c1C)C(C)OC(=O)C(=O)c1ccc(C)c(C)c1C. The summed E-state index contributed by atoms with van der Waals surface area (Å²) in [5, 5.41) is 0. The van der Waals surface area contributed by atoms with Crippen LogP contribution in [0.2, 0.25) is 0 Å². The summed E-state index contributed by atoms with van der Waals surface area (Å²) in [5.41, 5.74) is 6.12. The molecule has 2 atom stereocenters. The number of carbonyl (C=O) groups is 4. The quantitative estimate of drug-likeness (QED) is 0.202. The first-order chi connectivity index (χ1) is 17.3. The van der Waals surface area contributed by atoms with Crippen molar-refractivity contribution in [2.24, 2.45) is 5.92 Å². The van der Waals surface area contributed by atoms with Crippen molar-refractivity contribution in [3.8, 4) is 0 Å². The Morgan fingerprint density at radius 3 is 1.38 bits per heavy atom. The third-order valence-electron chi connectivity index (χ3n) is 7.66. The van der Waals surface area contributed by atoms with Gasteiger partial charge < -0.3 is 9.47 Å². The topological polar surface area (TPSA) is 86.7 Å². The van der Waals surface area contributed by atoms with Gasteiger partial charge in [-0.1, -0.05) is 44.0 Å². The van der Waals surface area contributed by atoms with Crippen molar-refractivity contribution in [3.05, 3.63) is 68.8 Å². The Bertz CT molecular complexity index is 1100. The summed E-state index contributed by atoms with van der Waals surface area (Å²) >= 11 is 0. The average molecular weight is 509 g/mol. The average Bonchev–Trinajstić information content (AvgIpc) is 2.85. The van der Waals surface area contributed by atoms with Gasteiger partial charge in [-0.2, -0.15) is 0 Å². The van der Waals surface area contributed by atoms with E-state index in [-0.39, 0.29) is 5.92 Å². The maximum absolute atomic E-state index is 12.9. The number of aryl methyl sites for hydroxylation is 2. The van der Waals surface area contributed by atoms with Gasteiger partial charge in [0.1, 0.15) is 12.2 Å². The summed E-state index contributed by atoms with van der Waals surface area (Å²) in [4.78, 5) is 51.3. The number of unbranched alkanes of at least 4 members (excludes halogenated alkanes) is 1. The van der Waals surface area contributed by atoms with Crippen LogP contribution < -0.4 is 0 Å². The highest BCUT2D eigenvalue weighted by atomic mass is 16.6. The molecule has 2 aromatic carbocycles. The molecule has 2 aromatic rings. The summed E-state index contributed by atoms with van der Waals surface area (Å²) in [6.45, 7) is 16.8. The van der Waals surface area contributed by atoms with Crippen LogP contribution in [0.15, 0.2) is 24.3 Å². The van der Waals surface area contributed by atoms with Crippen LogP contribution in [0.5, 0.6) is 0 Å². The first-order valence-electron chi connectivity index (χ1n) is 13.0. The number of Topliss-reactive ketones (excluding diaryl/α,β-unsaturated/α-hetero) is 2. The molecule has 37 heavy (non-hydrogen) atoms. The number of carbonyl (C=O) groups excluding carboxylic acids is 4. The first kappa shape index (κ1) is 29.9. The maximum atomic E-state index is 12.9. The molecule has 0 saturated heterocycles. The Morgan fingerprint density at radius 1 is 0.649 bits per heavy atom. The van der Waals surface area contributed by atoms with E-state index in [4.69, 9.17) is 9.47 Å². The number of ether oxygens (including phenoxy) is 2. The second-order valence-corrected chi connectivity index (χ2v) is 10.0. The largest absolute Gasteiger partial charge is 0.456 e. The number of esters is 2. The monoisotopic (exact) mass is 508 g/mol. The van der Waals surface area contributed by atoms with Crippen molar-refractivity contribution in [1.82, 2.24) is 0 Å². The zero-order valence-electron chi connectivity index (χ0n) is 23.6. The molecule has 0 bridgehead atoms. The van der Waals surface area contributed by atoms with Crippen molar-refractivity contribution in [2.75, 3.05) is 0 Å². The lowest BCUT2D eigenvalue weighted by atomic mass is 9.91. The standard InChI is InChI=1S/C31H40O6/c1-10-11-12-27(23(8)36-30(34)28(32)25-15-13-17(2)19(4)21(25)6)24(9)37-31(35)29(33)26-16-14-18(3)20(5)22(26)7/h13-16,23-24,27H,10-12H2,1-9H3. The van der Waals surface area contributed by atoms with Crippen molar-refractivity contribution >= 4 is 23.5 Å². The lowest BCUT2D eigenvalue weighted by molar-refractivity contribution is -0.154. The van der Waals surface area contributed by atoms with Crippen molar-refractivity contribution in [3.63, 3.8) is 0 Å². The van der Waals surface area contributed by atoms with Crippen LogP contribution in [-0.4, -0.2) is 35.7 Å². The molecular weight excluding hydrogens is 468 g/mol. The Hall–Kier alpha value is -3.28. The second kappa shape index (κ2) is 12.8. The molecule has 0 spiro atoms. The second-order valence-electron chi connectivity index (χ2n) is 10.0. The van der Waals surface area contributed by atoms with Gasteiger partial charge in [0.25, 0.3) is 11.6 Å². The van der Waals surface area contributed by atoms with Gasteiger partial charge in [0.2, 0.25) is 0 Å². The molecule has 0 amide bonds. The minimum absolute atomic E-state index is 0.319. The van der Waals surface area contributed by atoms with Crippen LogP contribution in [0.4, 0.5) is 0 Å². The molecule has 0 aromatic heterocycles. The van der Waals surface area contributed by atoms with Crippen LogP contribution in [-0.2, 0) is 19.1 Å². The van der Waals surface area contributed by atoms with E-state index in [2.05, 4.69) is 0 Å². The van der Waals surface area contributed by atoms with Gasteiger partial charge in [0.05, 0.1) is 0 Å². The van der Waals surface area contributed by atoms with Crippen LogP contribution in [0.3, 0.4) is 0 Å². The molecule has 0 fully saturated rings. The van der Waals surface area contributed by atoms with Crippen LogP contribution in [0, 0.1) is 47.5 Å². The molecule has 0 N–H and O–H groups in total. The molecule has 6 nitrogen and oxygen atoms in total. The Morgan fingerprint density at radius 2 is 1.03 bits per heavy atom. The summed E-state index contributed by atoms with van der Waals surface area (Å²) in [7, 11) is 0. The van der Waals surface area contributed by atoms with E-state index in [1.54, 1.807) is 26.0 Å². The normalized spacial score (nSPS) is 13.4. The van der Waals surface area contributed by atoms with Gasteiger partial charge in [-0.05, 0) is 95.2 Å². The van der Waals surface area contributed by atoms with E-state index in [1.807, 2.05) is 60.6 Å². The third-order valence-corrected chi connectivity index (χ3v) is 7.66. The zero-order chi connectivity index (χ0) is 28.0. The van der Waals surface area contributed by atoms with Gasteiger partial charge in [-0.15, -0.1) is 0 Å². The van der Waals surface area contributed by atoms with Crippen molar-refractivity contribution in [1.29, 1.82) is 0 Å². The molecule has 2 unspecified atom stereocenters. The fourth-order valence-electron chi connectivity index (χ4n) is 4.53. The summed E-state index contributed by atoms with van der Waals surface area (Å²) in [6.07, 6.45) is 0.905. The van der Waals surface area contributed by atoms with E-state index in [1.165, 1.54) is 0 Å². The Balaban J connectivity index is 2.17. The molecule has 6 heteroatoms. The molecule has 0 aliphatic rings. The molecule has 0 saturated carbocycles.